The van der Waals surface area contributed by atoms with E-state index in [0.717, 1.165) is 19.4 Å². The Bertz CT molecular complexity index is 139. The number of hydrogen-bond donors (Lipinski definition) is 0. The molecule has 0 aromatic rings. The normalized spacial score (nSPS) is 13.3. The number of rotatable bonds is 11. The molecule has 0 aliphatic rings. The van der Waals surface area contributed by atoms with Gasteiger partial charge in [-0.25, -0.2) is 5.11 Å². The summed E-state index contributed by atoms with van der Waals surface area (Å²) >= 11 is 0. The second-order valence-electron chi connectivity index (χ2n) is 3.94. The van der Waals surface area contributed by atoms with Crippen molar-refractivity contribution in [1.82, 2.24) is 0 Å². The summed E-state index contributed by atoms with van der Waals surface area (Å²) in [6.07, 6.45) is 2.77. The Balaban J connectivity index is 3.63. The Hall–Kier alpha value is -0.160. The van der Waals surface area contributed by atoms with Gasteiger partial charge in [-0.15, -0.1) is 0 Å². The van der Waals surface area contributed by atoms with Crippen molar-refractivity contribution in [1.29, 1.82) is 0 Å². The van der Waals surface area contributed by atoms with E-state index < -0.39 is 0 Å². The van der Waals surface area contributed by atoms with Crippen LogP contribution in [0, 0.1) is 0 Å². The fourth-order valence-electron chi connectivity index (χ4n) is 1.19. The zero-order valence-electron chi connectivity index (χ0n) is 10.7. The summed E-state index contributed by atoms with van der Waals surface area (Å²) in [5.74, 6) is 0. The molecule has 16 heavy (non-hydrogen) atoms. The van der Waals surface area contributed by atoms with Crippen LogP contribution in [0.15, 0.2) is 0 Å². The molecule has 0 aromatic heterocycles. The van der Waals surface area contributed by atoms with Gasteiger partial charge in [0.05, 0.1) is 19.3 Å². The summed E-state index contributed by atoms with van der Waals surface area (Å²) in [4.78, 5) is 0. The van der Waals surface area contributed by atoms with Crippen molar-refractivity contribution >= 4 is 0 Å². The molecule has 0 N–H and O–H groups in total. The van der Waals surface area contributed by atoms with Crippen molar-refractivity contribution < 1.29 is 19.3 Å². The molecule has 1 atom stereocenters. The predicted octanol–water partition coefficient (Wildman–Crippen LogP) is 2.39. The van der Waals surface area contributed by atoms with Gasteiger partial charge in [0.2, 0.25) is 0 Å². The van der Waals surface area contributed by atoms with E-state index in [1.807, 2.05) is 13.8 Å². The lowest BCUT2D eigenvalue weighted by Crippen LogP contribution is -2.23. The van der Waals surface area contributed by atoms with Gasteiger partial charge in [-0.3, -0.25) is 0 Å². The van der Waals surface area contributed by atoms with Gasteiger partial charge >= 0.3 is 0 Å². The molecule has 97 valence electrons. The first kappa shape index (κ1) is 15.8. The van der Waals surface area contributed by atoms with E-state index in [2.05, 4.69) is 6.92 Å². The minimum absolute atomic E-state index is 0.145. The van der Waals surface area contributed by atoms with Crippen LogP contribution < -0.4 is 0 Å². The molecule has 0 heterocycles. The largest absolute Gasteiger partial charge is 0.379 e. The Labute approximate surface area is 98.9 Å². The maximum atomic E-state index is 10.2. The van der Waals surface area contributed by atoms with Crippen LogP contribution in [0.4, 0.5) is 0 Å². The van der Waals surface area contributed by atoms with Crippen LogP contribution in [0.1, 0.15) is 40.0 Å². The van der Waals surface area contributed by atoms with Crippen molar-refractivity contribution in [2.45, 2.75) is 52.4 Å². The number of unbranched alkanes of at least 4 members (excludes halogenated alkanes) is 1. The fourth-order valence-corrected chi connectivity index (χ4v) is 1.19. The second kappa shape index (κ2) is 11.3. The third-order valence-corrected chi connectivity index (χ3v) is 1.95. The molecule has 0 spiro atoms. The molecule has 0 saturated heterocycles. The van der Waals surface area contributed by atoms with E-state index in [-0.39, 0.29) is 25.6 Å². The minimum atomic E-state index is -0.210. The van der Waals surface area contributed by atoms with Gasteiger partial charge < -0.3 is 14.2 Å². The Morgan fingerprint density at radius 1 is 1.12 bits per heavy atom. The molecule has 4 heteroatoms. The SMILES string of the molecule is CCCCOC(CCOCC[O])OC(C)C. The Kier molecular flexibility index (Phi) is 11.2. The lowest BCUT2D eigenvalue weighted by molar-refractivity contribution is -0.172. The van der Waals surface area contributed by atoms with Crippen molar-refractivity contribution in [2.75, 3.05) is 26.4 Å². The monoisotopic (exact) mass is 233 g/mol. The standard InChI is InChI=1S/C12H25O4/c1-4-5-8-15-12(16-11(2)3)6-9-14-10-7-13/h11-12H,4-10H2,1-3H3. The summed E-state index contributed by atoms with van der Waals surface area (Å²) in [5, 5.41) is 10.2. The summed E-state index contributed by atoms with van der Waals surface area (Å²) in [6.45, 7) is 7.40. The summed E-state index contributed by atoms with van der Waals surface area (Å²) < 4.78 is 16.3. The highest BCUT2D eigenvalue weighted by Gasteiger charge is 2.11. The Morgan fingerprint density at radius 2 is 1.88 bits per heavy atom. The molecule has 0 aliphatic heterocycles. The van der Waals surface area contributed by atoms with E-state index in [0.29, 0.717) is 13.0 Å². The van der Waals surface area contributed by atoms with E-state index in [1.54, 1.807) is 0 Å². The van der Waals surface area contributed by atoms with E-state index in [4.69, 9.17) is 14.2 Å². The first-order valence-electron chi connectivity index (χ1n) is 6.13. The van der Waals surface area contributed by atoms with Crippen LogP contribution in [0.5, 0.6) is 0 Å². The van der Waals surface area contributed by atoms with E-state index in [9.17, 15) is 5.11 Å². The highest BCUT2D eigenvalue weighted by atomic mass is 16.7. The van der Waals surface area contributed by atoms with E-state index in [1.165, 1.54) is 0 Å². The van der Waals surface area contributed by atoms with Gasteiger partial charge in [0, 0.05) is 13.0 Å². The van der Waals surface area contributed by atoms with E-state index >= 15 is 0 Å². The van der Waals surface area contributed by atoms with Gasteiger partial charge in [0.25, 0.3) is 0 Å². The summed E-state index contributed by atoms with van der Waals surface area (Å²) in [7, 11) is 0. The smallest absolute Gasteiger partial charge is 0.160 e. The molecule has 1 unspecified atom stereocenters. The zero-order chi connectivity index (χ0) is 12.2. The van der Waals surface area contributed by atoms with Crippen molar-refractivity contribution in [3.05, 3.63) is 0 Å². The molecule has 0 amide bonds. The van der Waals surface area contributed by atoms with Gasteiger partial charge in [-0.2, -0.15) is 0 Å². The molecular formula is C12H25O4. The highest BCUT2D eigenvalue weighted by Crippen LogP contribution is 2.06. The molecule has 4 nitrogen and oxygen atoms in total. The van der Waals surface area contributed by atoms with Crippen molar-refractivity contribution in [3.63, 3.8) is 0 Å². The third kappa shape index (κ3) is 10.4. The van der Waals surface area contributed by atoms with Crippen LogP contribution in [0.2, 0.25) is 0 Å². The molecule has 0 fully saturated rings. The van der Waals surface area contributed by atoms with Gasteiger partial charge in [-0.1, -0.05) is 13.3 Å². The van der Waals surface area contributed by atoms with Crippen LogP contribution in [0.3, 0.4) is 0 Å². The predicted molar refractivity (Wildman–Crippen MR) is 61.9 cm³/mol. The maximum absolute atomic E-state index is 10.2. The molecule has 0 bridgehead atoms. The van der Waals surface area contributed by atoms with Gasteiger partial charge in [-0.05, 0) is 20.3 Å². The number of ether oxygens (including phenoxy) is 3. The van der Waals surface area contributed by atoms with Crippen molar-refractivity contribution in [3.8, 4) is 0 Å². The van der Waals surface area contributed by atoms with Crippen LogP contribution in [0.25, 0.3) is 0 Å². The lowest BCUT2D eigenvalue weighted by Gasteiger charge is -2.20. The summed E-state index contributed by atoms with van der Waals surface area (Å²) in [6, 6.07) is 0. The quantitative estimate of drug-likeness (QED) is 0.406. The topological polar surface area (TPSA) is 47.6 Å². The average Bonchev–Trinajstić information content (AvgIpc) is 2.23. The second-order valence-corrected chi connectivity index (χ2v) is 3.94. The molecular weight excluding hydrogens is 208 g/mol. The molecule has 0 aromatic carbocycles. The van der Waals surface area contributed by atoms with Gasteiger partial charge in [0.1, 0.15) is 6.61 Å². The van der Waals surface area contributed by atoms with Crippen LogP contribution in [-0.2, 0) is 19.3 Å². The third-order valence-electron chi connectivity index (χ3n) is 1.95. The molecule has 0 saturated carbocycles. The first-order valence-corrected chi connectivity index (χ1v) is 6.13. The lowest BCUT2D eigenvalue weighted by atomic mass is 10.3. The van der Waals surface area contributed by atoms with Crippen LogP contribution >= 0.6 is 0 Å². The van der Waals surface area contributed by atoms with Crippen LogP contribution in [-0.4, -0.2) is 38.8 Å². The summed E-state index contributed by atoms with van der Waals surface area (Å²) in [5.41, 5.74) is 0. The molecule has 0 aliphatic carbocycles. The highest BCUT2D eigenvalue weighted by molar-refractivity contribution is 4.49. The maximum Gasteiger partial charge on any atom is 0.160 e. The Morgan fingerprint density at radius 3 is 2.44 bits per heavy atom. The van der Waals surface area contributed by atoms with Gasteiger partial charge in [0.15, 0.2) is 6.29 Å². The molecule has 1 radical (unpaired) electrons. The van der Waals surface area contributed by atoms with Crippen molar-refractivity contribution in [2.24, 2.45) is 0 Å². The molecule has 0 rings (SSSR count). The fraction of sp³-hybridized carbons (Fsp3) is 1.00. The number of hydrogen-bond acceptors (Lipinski definition) is 3. The first-order chi connectivity index (χ1) is 7.70. The average molecular weight is 233 g/mol. The minimum Gasteiger partial charge on any atom is -0.379 e. The zero-order valence-corrected chi connectivity index (χ0v) is 10.7.